The molecule has 3 aliphatic heterocycles. The molecule has 9 nitrogen and oxygen atoms in total. The first-order chi connectivity index (χ1) is 23.6. The first-order valence-electron chi connectivity index (χ1n) is 17.3. The number of aliphatic hydroxyl groups excluding tert-OH is 1. The number of carbonyl (C=O) groups is 3. The SMILES string of the molecule is C=CCN(C(=O)C1N([C@@H](CC)CO)C(=O)[C@@H]2[C@H](C(=O)N(CC=C)c3ccc(OCC)cc3)[C@@]3(C)OC12CC3C)c1ccc2ccccc2c1. The highest BCUT2D eigenvalue weighted by atomic mass is 16.5. The van der Waals surface area contributed by atoms with Crippen LogP contribution in [0.5, 0.6) is 5.75 Å². The number of nitrogens with zero attached hydrogens (tertiary/aromatic N) is 3. The van der Waals surface area contributed by atoms with Gasteiger partial charge in [-0.2, -0.15) is 0 Å². The summed E-state index contributed by atoms with van der Waals surface area (Å²) in [5.41, 5.74) is -0.980. The summed E-state index contributed by atoms with van der Waals surface area (Å²) >= 11 is 0. The van der Waals surface area contributed by atoms with Crippen molar-refractivity contribution in [2.45, 2.75) is 63.8 Å². The molecule has 3 heterocycles. The fraction of sp³-hybridized carbons (Fsp3) is 0.425. The van der Waals surface area contributed by atoms with Crippen LogP contribution in [0.2, 0.25) is 0 Å². The van der Waals surface area contributed by atoms with E-state index in [2.05, 4.69) is 13.2 Å². The molecule has 3 amide bonds. The second-order valence-corrected chi connectivity index (χ2v) is 13.6. The Morgan fingerprint density at radius 3 is 2.24 bits per heavy atom. The summed E-state index contributed by atoms with van der Waals surface area (Å²) in [6, 6.07) is 19.3. The molecule has 0 aliphatic carbocycles. The lowest BCUT2D eigenvalue weighted by Crippen LogP contribution is -2.59. The van der Waals surface area contributed by atoms with Crippen LogP contribution >= 0.6 is 0 Å². The number of rotatable bonds is 13. The van der Waals surface area contributed by atoms with Crippen molar-refractivity contribution in [3.05, 3.63) is 92.0 Å². The minimum Gasteiger partial charge on any atom is -0.494 e. The number of ether oxygens (including phenoxy) is 2. The predicted octanol–water partition coefficient (Wildman–Crippen LogP) is 5.76. The van der Waals surface area contributed by atoms with E-state index in [0.717, 1.165) is 10.8 Å². The van der Waals surface area contributed by atoms with Crippen molar-refractivity contribution in [1.82, 2.24) is 4.90 Å². The molecular weight excluding hydrogens is 618 g/mol. The number of aliphatic hydroxyl groups is 1. The number of benzene rings is 3. The molecule has 49 heavy (non-hydrogen) atoms. The van der Waals surface area contributed by atoms with Gasteiger partial charge in [-0.05, 0) is 79.8 Å². The molecule has 2 bridgehead atoms. The van der Waals surface area contributed by atoms with Crippen LogP contribution in [0, 0.1) is 17.8 Å². The van der Waals surface area contributed by atoms with Gasteiger partial charge in [-0.25, -0.2) is 0 Å². The van der Waals surface area contributed by atoms with Crippen LogP contribution in [0.15, 0.2) is 92.0 Å². The standard InChI is InChI=1S/C40H47N3O6/c1-7-21-41(30-17-19-32(20-18-30)48-10-4)36(45)33-34-37(46)43(29(9-3)25-44)35(40(34)24-26(5)39(33,6)49-40)38(47)42(22-8-2)31-16-15-27-13-11-12-14-28(27)23-31/h7-8,11-20,23,26,29,33-35,44H,1-2,9-10,21-22,24-25H2,3-6H3/t26?,29-,33+,34-,35?,39-,40?/m0/s1. The van der Waals surface area contributed by atoms with Crippen LogP contribution in [-0.4, -0.2) is 77.3 Å². The van der Waals surface area contributed by atoms with E-state index in [9.17, 15) is 14.7 Å². The Labute approximate surface area is 288 Å². The van der Waals surface area contributed by atoms with E-state index in [1.54, 1.807) is 22.0 Å². The molecule has 0 saturated carbocycles. The largest absolute Gasteiger partial charge is 0.494 e. The normalized spacial score (nSPS) is 27.5. The zero-order valence-corrected chi connectivity index (χ0v) is 28.9. The Balaban J connectivity index is 1.46. The number of hydrogen-bond acceptors (Lipinski definition) is 6. The molecule has 3 aromatic carbocycles. The van der Waals surface area contributed by atoms with Gasteiger partial charge in [-0.1, -0.05) is 56.3 Å². The highest BCUT2D eigenvalue weighted by molar-refractivity contribution is 6.07. The summed E-state index contributed by atoms with van der Waals surface area (Å²) in [6.07, 6.45) is 4.17. The van der Waals surface area contributed by atoms with Crippen LogP contribution < -0.4 is 14.5 Å². The molecule has 0 radical (unpaired) electrons. The van der Waals surface area contributed by atoms with Crippen molar-refractivity contribution < 1.29 is 29.0 Å². The minimum atomic E-state index is -1.28. The molecule has 258 valence electrons. The summed E-state index contributed by atoms with van der Waals surface area (Å²) in [5.74, 6) is -2.18. The first-order valence-corrected chi connectivity index (χ1v) is 17.3. The number of fused-ring (bicyclic) bond motifs is 2. The van der Waals surface area contributed by atoms with Crippen molar-refractivity contribution in [2.75, 3.05) is 36.1 Å². The molecule has 1 spiro atoms. The van der Waals surface area contributed by atoms with Crippen LogP contribution in [0.3, 0.4) is 0 Å². The van der Waals surface area contributed by atoms with Gasteiger partial charge in [0.25, 0.3) is 5.91 Å². The van der Waals surface area contributed by atoms with Crippen molar-refractivity contribution in [3.63, 3.8) is 0 Å². The molecule has 3 fully saturated rings. The van der Waals surface area contributed by atoms with Gasteiger partial charge in [0, 0.05) is 24.5 Å². The molecule has 3 aliphatic rings. The topological polar surface area (TPSA) is 99.6 Å². The Morgan fingerprint density at radius 2 is 1.63 bits per heavy atom. The van der Waals surface area contributed by atoms with Crippen LogP contribution in [-0.2, 0) is 19.1 Å². The molecule has 7 atom stereocenters. The van der Waals surface area contributed by atoms with Crippen molar-refractivity contribution in [1.29, 1.82) is 0 Å². The lowest BCUT2D eigenvalue weighted by molar-refractivity contribution is -0.149. The molecule has 3 aromatic rings. The maximum Gasteiger partial charge on any atom is 0.253 e. The lowest BCUT2D eigenvalue weighted by atomic mass is 9.62. The monoisotopic (exact) mass is 665 g/mol. The van der Waals surface area contributed by atoms with E-state index in [1.165, 1.54) is 4.90 Å². The molecule has 1 N–H and O–H groups in total. The zero-order chi connectivity index (χ0) is 35.1. The van der Waals surface area contributed by atoms with Crippen molar-refractivity contribution in [3.8, 4) is 5.75 Å². The van der Waals surface area contributed by atoms with E-state index in [4.69, 9.17) is 9.47 Å². The van der Waals surface area contributed by atoms with Gasteiger partial charge < -0.3 is 29.3 Å². The predicted molar refractivity (Wildman–Crippen MR) is 191 cm³/mol. The summed E-state index contributed by atoms with van der Waals surface area (Å²) in [5, 5.41) is 12.6. The molecule has 0 aromatic heterocycles. The molecule has 3 unspecified atom stereocenters. The van der Waals surface area contributed by atoms with Gasteiger partial charge in [0.1, 0.15) is 17.4 Å². The van der Waals surface area contributed by atoms with Crippen LogP contribution in [0.25, 0.3) is 10.8 Å². The third-order valence-corrected chi connectivity index (χ3v) is 11.0. The Hall–Kier alpha value is -4.47. The Bertz CT molecular complexity index is 1750. The van der Waals surface area contributed by atoms with Crippen LogP contribution in [0.1, 0.15) is 40.5 Å². The van der Waals surface area contributed by atoms with Crippen molar-refractivity contribution in [2.24, 2.45) is 17.8 Å². The van der Waals surface area contributed by atoms with Gasteiger partial charge in [0.15, 0.2) is 0 Å². The van der Waals surface area contributed by atoms with Gasteiger partial charge in [0.05, 0.1) is 36.7 Å². The average Bonchev–Trinajstić information content (AvgIpc) is 3.63. The molecule has 6 rings (SSSR count). The van der Waals surface area contributed by atoms with E-state index in [1.807, 2.05) is 94.4 Å². The first kappa shape index (κ1) is 34.4. The number of amides is 3. The van der Waals surface area contributed by atoms with Gasteiger partial charge in [0.2, 0.25) is 11.8 Å². The van der Waals surface area contributed by atoms with Gasteiger partial charge >= 0.3 is 0 Å². The lowest BCUT2D eigenvalue weighted by Gasteiger charge is -2.39. The average molecular weight is 666 g/mol. The summed E-state index contributed by atoms with van der Waals surface area (Å²) in [7, 11) is 0. The Kier molecular flexibility index (Phi) is 9.44. The van der Waals surface area contributed by atoms with E-state index in [0.29, 0.717) is 36.6 Å². The fourth-order valence-corrected chi connectivity index (χ4v) is 8.59. The van der Waals surface area contributed by atoms with Crippen molar-refractivity contribution >= 4 is 39.9 Å². The number of likely N-dealkylation sites (tertiary alicyclic amines) is 1. The van der Waals surface area contributed by atoms with Gasteiger partial charge in [-0.3, -0.25) is 14.4 Å². The summed E-state index contributed by atoms with van der Waals surface area (Å²) in [4.78, 5) is 49.7. The van der Waals surface area contributed by atoms with E-state index >= 15 is 4.79 Å². The highest BCUT2D eigenvalue weighted by Gasteiger charge is 2.80. The second kappa shape index (κ2) is 13.4. The quantitative estimate of drug-likeness (QED) is 0.233. The van der Waals surface area contributed by atoms with E-state index < -0.39 is 35.1 Å². The maximum atomic E-state index is 15.1. The maximum absolute atomic E-state index is 15.1. The zero-order valence-electron chi connectivity index (χ0n) is 28.9. The van der Waals surface area contributed by atoms with Gasteiger partial charge in [-0.15, -0.1) is 13.2 Å². The summed E-state index contributed by atoms with van der Waals surface area (Å²) in [6.45, 7) is 16.2. The third-order valence-electron chi connectivity index (χ3n) is 11.0. The molecule has 3 saturated heterocycles. The molecular formula is C40H47N3O6. The number of hydrogen-bond donors (Lipinski definition) is 1. The fourth-order valence-electron chi connectivity index (χ4n) is 8.59. The third kappa shape index (κ3) is 5.44. The highest BCUT2D eigenvalue weighted by Crippen LogP contribution is 2.66. The minimum absolute atomic E-state index is 0.144. The Morgan fingerprint density at radius 1 is 1.00 bits per heavy atom. The molecule has 9 heteroatoms. The smallest absolute Gasteiger partial charge is 0.253 e. The number of carbonyl (C=O) groups excluding carboxylic acids is 3. The van der Waals surface area contributed by atoms with Crippen LogP contribution in [0.4, 0.5) is 11.4 Å². The second-order valence-electron chi connectivity index (χ2n) is 13.6. The number of anilines is 2. The van der Waals surface area contributed by atoms with E-state index in [-0.39, 0.29) is 43.3 Å². The summed E-state index contributed by atoms with van der Waals surface area (Å²) < 4.78 is 12.7.